The molecular weight excluding hydrogens is 298 g/mol. The lowest BCUT2D eigenvalue weighted by Crippen LogP contribution is -2.50. The first-order valence-corrected chi connectivity index (χ1v) is 8.89. The number of alkyl halides is 1. The van der Waals surface area contributed by atoms with Crippen molar-refractivity contribution in [2.24, 2.45) is 0 Å². The van der Waals surface area contributed by atoms with Gasteiger partial charge >= 0.3 is 0 Å². The topological polar surface area (TPSA) is 46.6 Å². The molecule has 2 unspecified atom stereocenters. The lowest BCUT2D eigenvalue weighted by atomic mass is 10.2. The van der Waals surface area contributed by atoms with Crippen molar-refractivity contribution in [3.63, 3.8) is 0 Å². The first-order chi connectivity index (χ1) is 9.51. The predicted molar refractivity (Wildman–Crippen MR) is 80.6 cm³/mol. The summed E-state index contributed by atoms with van der Waals surface area (Å²) < 4.78 is 31.9. The third-order valence-corrected chi connectivity index (χ3v) is 5.50. The van der Waals surface area contributed by atoms with Crippen LogP contribution in [0.4, 0.5) is 0 Å². The highest BCUT2D eigenvalue weighted by atomic mass is 35.5. The number of hydrogen-bond acceptors (Lipinski definition) is 3. The minimum atomic E-state index is -3.26. The highest BCUT2D eigenvalue weighted by Crippen LogP contribution is 2.17. The second-order valence-corrected chi connectivity index (χ2v) is 7.49. The zero-order valence-electron chi connectivity index (χ0n) is 11.5. The molecule has 6 heteroatoms. The van der Waals surface area contributed by atoms with Gasteiger partial charge in [0.2, 0.25) is 10.0 Å². The van der Waals surface area contributed by atoms with E-state index in [1.54, 1.807) is 0 Å². The second kappa shape index (κ2) is 6.89. The molecule has 0 aliphatic carbocycles. The summed E-state index contributed by atoms with van der Waals surface area (Å²) >= 11 is 5.79. The van der Waals surface area contributed by atoms with Crippen molar-refractivity contribution in [1.82, 2.24) is 4.31 Å². The molecule has 0 amide bonds. The molecule has 1 aliphatic rings. The van der Waals surface area contributed by atoms with Gasteiger partial charge in [0.15, 0.2) is 0 Å². The molecule has 0 aromatic heterocycles. The Morgan fingerprint density at radius 1 is 1.30 bits per heavy atom. The van der Waals surface area contributed by atoms with Crippen LogP contribution in [-0.2, 0) is 21.2 Å². The number of aryl methyl sites for hydroxylation is 1. The Hall–Kier alpha value is -0.620. The Morgan fingerprint density at radius 2 is 2.00 bits per heavy atom. The van der Waals surface area contributed by atoms with Gasteiger partial charge in [-0.2, -0.15) is 4.31 Å². The van der Waals surface area contributed by atoms with Crippen LogP contribution in [-0.4, -0.2) is 49.7 Å². The van der Waals surface area contributed by atoms with E-state index in [-0.39, 0.29) is 18.0 Å². The van der Waals surface area contributed by atoms with Gasteiger partial charge in [-0.25, -0.2) is 8.42 Å². The largest absolute Gasteiger partial charge is 0.371 e. The van der Waals surface area contributed by atoms with Crippen LogP contribution >= 0.6 is 11.6 Å². The molecule has 0 saturated carbocycles. The molecule has 1 aliphatic heterocycles. The first kappa shape index (κ1) is 15.8. The fourth-order valence-corrected chi connectivity index (χ4v) is 4.09. The number of rotatable bonds is 5. The fraction of sp³-hybridized carbons (Fsp3) is 0.571. The van der Waals surface area contributed by atoms with E-state index in [2.05, 4.69) is 0 Å². The number of halogens is 1. The molecule has 112 valence electrons. The zero-order valence-corrected chi connectivity index (χ0v) is 13.1. The summed E-state index contributed by atoms with van der Waals surface area (Å²) in [4.78, 5) is 0. The molecular formula is C14H20ClNO3S. The summed E-state index contributed by atoms with van der Waals surface area (Å²) in [6, 6.07) is 9.65. The average Bonchev–Trinajstić information content (AvgIpc) is 2.45. The van der Waals surface area contributed by atoms with E-state index in [0.717, 1.165) is 5.56 Å². The Kier molecular flexibility index (Phi) is 5.43. The van der Waals surface area contributed by atoms with Crippen molar-refractivity contribution in [3.8, 4) is 0 Å². The van der Waals surface area contributed by atoms with Crippen molar-refractivity contribution in [3.05, 3.63) is 35.9 Å². The summed E-state index contributed by atoms with van der Waals surface area (Å²) in [5, 5.41) is 0. The lowest BCUT2D eigenvalue weighted by molar-refractivity contribution is -0.0423. The molecule has 1 aromatic rings. The van der Waals surface area contributed by atoms with Crippen molar-refractivity contribution < 1.29 is 13.2 Å². The van der Waals surface area contributed by atoms with Crippen LogP contribution in [0.15, 0.2) is 30.3 Å². The van der Waals surface area contributed by atoms with Crippen LogP contribution in [0.25, 0.3) is 0 Å². The maximum Gasteiger partial charge on any atom is 0.214 e. The van der Waals surface area contributed by atoms with E-state index in [4.69, 9.17) is 16.3 Å². The number of morpholine rings is 1. The molecule has 2 atom stereocenters. The van der Waals surface area contributed by atoms with Gasteiger partial charge in [0.1, 0.15) is 0 Å². The Bertz CT molecular complexity index is 520. The molecule has 0 radical (unpaired) electrons. The standard InChI is InChI=1S/C14H20ClNO3S/c1-12-10-16(11-14(9-15)19-12)20(17,18)8-7-13-5-3-2-4-6-13/h2-6,12,14H,7-11H2,1H3. The number of hydrogen-bond donors (Lipinski definition) is 0. The van der Waals surface area contributed by atoms with Gasteiger partial charge in [0.05, 0.1) is 18.0 Å². The van der Waals surface area contributed by atoms with Crippen LogP contribution in [0.3, 0.4) is 0 Å². The summed E-state index contributed by atoms with van der Waals surface area (Å²) in [5.41, 5.74) is 1.03. The molecule has 20 heavy (non-hydrogen) atoms. The molecule has 1 heterocycles. The third-order valence-electron chi connectivity index (χ3n) is 3.35. The van der Waals surface area contributed by atoms with Crippen LogP contribution < -0.4 is 0 Å². The van der Waals surface area contributed by atoms with E-state index in [9.17, 15) is 8.42 Å². The fourth-order valence-electron chi connectivity index (χ4n) is 2.34. The summed E-state index contributed by atoms with van der Waals surface area (Å²) in [6.45, 7) is 2.63. The molecule has 2 rings (SSSR count). The summed E-state index contributed by atoms with van der Waals surface area (Å²) in [7, 11) is -3.26. The molecule has 4 nitrogen and oxygen atoms in total. The van der Waals surface area contributed by atoms with Crippen molar-refractivity contribution in [2.75, 3.05) is 24.7 Å². The maximum atomic E-state index is 12.4. The first-order valence-electron chi connectivity index (χ1n) is 6.74. The summed E-state index contributed by atoms with van der Waals surface area (Å²) in [5.74, 6) is 0.438. The zero-order chi connectivity index (χ0) is 14.6. The van der Waals surface area contributed by atoms with Gasteiger partial charge in [-0.05, 0) is 18.9 Å². The quantitative estimate of drug-likeness (QED) is 0.779. The molecule has 0 bridgehead atoms. The molecule has 1 aromatic carbocycles. The smallest absolute Gasteiger partial charge is 0.214 e. The van der Waals surface area contributed by atoms with E-state index >= 15 is 0 Å². The molecule has 1 saturated heterocycles. The van der Waals surface area contributed by atoms with Crippen molar-refractivity contribution >= 4 is 21.6 Å². The monoisotopic (exact) mass is 317 g/mol. The number of sulfonamides is 1. The van der Waals surface area contributed by atoms with Crippen molar-refractivity contribution in [2.45, 2.75) is 25.6 Å². The van der Waals surface area contributed by atoms with Crippen LogP contribution in [0.2, 0.25) is 0 Å². The second-order valence-electron chi connectivity index (χ2n) is 5.09. The normalized spacial score (nSPS) is 24.7. The molecule has 0 N–H and O–H groups in total. The Labute approximate surface area is 125 Å². The highest BCUT2D eigenvalue weighted by molar-refractivity contribution is 7.89. The minimum Gasteiger partial charge on any atom is -0.371 e. The Morgan fingerprint density at radius 3 is 2.65 bits per heavy atom. The van der Waals surface area contributed by atoms with Crippen LogP contribution in [0.5, 0.6) is 0 Å². The van der Waals surface area contributed by atoms with E-state index in [0.29, 0.717) is 25.4 Å². The highest BCUT2D eigenvalue weighted by Gasteiger charge is 2.32. The van der Waals surface area contributed by atoms with Crippen LogP contribution in [0, 0.1) is 0 Å². The van der Waals surface area contributed by atoms with Gasteiger partial charge in [-0.15, -0.1) is 11.6 Å². The van der Waals surface area contributed by atoms with Gasteiger partial charge in [-0.3, -0.25) is 0 Å². The van der Waals surface area contributed by atoms with Crippen LogP contribution in [0.1, 0.15) is 12.5 Å². The maximum absolute atomic E-state index is 12.4. The lowest BCUT2D eigenvalue weighted by Gasteiger charge is -2.35. The SMILES string of the molecule is CC1CN(S(=O)(=O)CCc2ccccc2)CC(CCl)O1. The summed E-state index contributed by atoms with van der Waals surface area (Å²) in [6.07, 6.45) is 0.200. The predicted octanol–water partition coefficient (Wildman–Crippen LogP) is 1.89. The van der Waals surface area contributed by atoms with E-state index < -0.39 is 10.0 Å². The molecule has 0 spiro atoms. The van der Waals surface area contributed by atoms with E-state index in [1.165, 1.54) is 4.31 Å². The number of benzene rings is 1. The van der Waals surface area contributed by atoms with Gasteiger partial charge in [-0.1, -0.05) is 30.3 Å². The average molecular weight is 318 g/mol. The van der Waals surface area contributed by atoms with E-state index in [1.807, 2.05) is 37.3 Å². The van der Waals surface area contributed by atoms with Gasteiger partial charge in [0, 0.05) is 19.0 Å². The number of nitrogens with zero attached hydrogens (tertiary/aromatic N) is 1. The minimum absolute atomic E-state index is 0.112. The van der Waals surface area contributed by atoms with Gasteiger partial charge in [0.25, 0.3) is 0 Å². The third kappa shape index (κ3) is 4.19. The number of ether oxygens (including phenoxy) is 1. The Balaban J connectivity index is 1.99. The van der Waals surface area contributed by atoms with Crippen molar-refractivity contribution in [1.29, 1.82) is 0 Å². The van der Waals surface area contributed by atoms with Gasteiger partial charge < -0.3 is 4.74 Å². The molecule has 1 fully saturated rings.